The lowest BCUT2D eigenvalue weighted by molar-refractivity contribution is -0.162. The van der Waals surface area contributed by atoms with Crippen LogP contribution >= 0.6 is 0 Å². The maximum Gasteiger partial charge on any atom is 0.331 e. The van der Waals surface area contributed by atoms with Crippen molar-refractivity contribution in [2.45, 2.75) is 13.3 Å². The van der Waals surface area contributed by atoms with E-state index in [0.29, 0.717) is 0 Å². The van der Waals surface area contributed by atoms with Gasteiger partial charge in [-0.3, -0.25) is 9.59 Å². The van der Waals surface area contributed by atoms with Crippen LogP contribution in [0.15, 0.2) is 24.3 Å². The molecule has 7 heteroatoms. The molecule has 7 nitrogen and oxygen atoms in total. The first-order chi connectivity index (χ1) is 8.16. The third-order valence-corrected chi connectivity index (χ3v) is 2.03. The molecule has 0 spiro atoms. The van der Waals surface area contributed by atoms with E-state index < -0.39 is 47.4 Å². The molecule has 0 aromatic carbocycles. The molecule has 2 N–H and O–H groups in total. The highest BCUT2D eigenvalue weighted by Crippen LogP contribution is 2.11. The largest absolute Gasteiger partial charge is 0.478 e. The van der Waals surface area contributed by atoms with Gasteiger partial charge in [0.25, 0.3) is 0 Å². The summed E-state index contributed by atoms with van der Waals surface area (Å²) in [4.78, 5) is 43.3. The second-order valence-electron chi connectivity index (χ2n) is 3.43. The summed E-state index contributed by atoms with van der Waals surface area (Å²) < 4.78 is 4.28. The van der Waals surface area contributed by atoms with E-state index in [1.807, 2.05) is 0 Å². The molecule has 0 aromatic rings. The molecule has 0 aliphatic carbocycles. The van der Waals surface area contributed by atoms with E-state index in [1.54, 1.807) is 0 Å². The maximum atomic E-state index is 11.3. The lowest BCUT2D eigenvalue weighted by Gasteiger charge is -2.09. The standard InChI is InChI=1S/C11H12O7/c1-5(9(13)14)4-8(12)18-11(17)7(3)6(2)10(15)16/h7H,1-2,4H2,3H3,(H,13,14)(H,15,16). The zero-order chi connectivity index (χ0) is 14.5. The van der Waals surface area contributed by atoms with Gasteiger partial charge in [0.1, 0.15) is 0 Å². The molecule has 0 saturated heterocycles. The summed E-state index contributed by atoms with van der Waals surface area (Å²) in [6.45, 7) is 7.44. The maximum absolute atomic E-state index is 11.3. The fourth-order valence-electron chi connectivity index (χ4n) is 0.814. The van der Waals surface area contributed by atoms with Crippen LogP contribution in [0.4, 0.5) is 0 Å². The van der Waals surface area contributed by atoms with E-state index in [4.69, 9.17) is 10.2 Å². The van der Waals surface area contributed by atoms with Gasteiger partial charge in [-0.2, -0.15) is 0 Å². The molecule has 0 aromatic heterocycles. The second kappa shape index (κ2) is 6.33. The van der Waals surface area contributed by atoms with Gasteiger partial charge < -0.3 is 14.9 Å². The van der Waals surface area contributed by atoms with Crippen molar-refractivity contribution in [2.24, 2.45) is 5.92 Å². The Bertz CT molecular complexity index is 433. The van der Waals surface area contributed by atoms with Crippen molar-refractivity contribution in [3.05, 3.63) is 24.3 Å². The third kappa shape index (κ3) is 4.60. The van der Waals surface area contributed by atoms with Crippen LogP contribution in [0, 0.1) is 5.92 Å². The number of carbonyl (C=O) groups excluding carboxylic acids is 2. The zero-order valence-electron chi connectivity index (χ0n) is 9.63. The zero-order valence-corrected chi connectivity index (χ0v) is 9.63. The van der Waals surface area contributed by atoms with Gasteiger partial charge in [-0.05, 0) is 6.92 Å². The van der Waals surface area contributed by atoms with E-state index >= 15 is 0 Å². The SMILES string of the molecule is C=C(CC(=O)OC(=O)C(C)C(=C)C(=O)O)C(=O)O. The lowest BCUT2D eigenvalue weighted by Crippen LogP contribution is -2.24. The summed E-state index contributed by atoms with van der Waals surface area (Å²) in [5, 5.41) is 17.0. The van der Waals surface area contributed by atoms with Crippen LogP contribution in [0.1, 0.15) is 13.3 Å². The van der Waals surface area contributed by atoms with Gasteiger partial charge in [-0.15, -0.1) is 0 Å². The molecule has 0 bridgehead atoms. The fourth-order valence-corrected chi connectivity index (χ4v) is 0.814. The summed E-state index contributed by atoms with van der Waals surface area (Å²) in [7, 11) is 0. The molecule has 0 aliphatic heterocycles. The minimum atomic E-state index is -1.39. The van der Waals surface area contributed by atoms with Gasteiger partial charge in [0.2, 0.25) is 0 Å². The van der Waals surface area contributed by atoms with Crippen molar-refractivity contribution in [2.75, 3.05) is 0 Å². The molecular weight excluding hydrogens is 244 g/mol. The van der Waals surface area contributed by atoms with Gasteiger partial charge in [0, 0.05) is 11.1 Å². The predicted molar refractivity (Wildman–Crippen MR) is 58.4 cm³/mol. The van der Waals surface area contributed by atoms with Crippen LogP contribution in [0.3, 0.4) is 0 Å². The minimum Gasteiger partial charge on any atom is -0.478 e. The molecular formula is C11H12O7. The molecule has 18 heavy (non-hydrogen) atoms. The van der Waals surface area contributed by atoms with Gasteiger partial charge in [0.05, 0.1) is 12.3 Å². The topological polar surface area (TPSA) is 118 Å². The Kier molecular flexibility index (Phi) is 5.47. The van der Waals surface area contributed by atoms with Crippen LogP contribution in [0.25, 0.3) is 0 Å². The Balaban J connectivity index is 4.45. The Morgan fingerprint density at radius 3 is 2.00 bits per heavy atom. The van der Waals surface area contributed by atoms with Crippen LogP contribution in [-0.4, -0.2) is 34.1 Å². The molecule has 1 atom stereocenters. The summed E-state index contributed by atoms with van der Waals surface area (Å²) in [6.07, 6.45) is -0.659. The normalized spacial score (nSPS) is 11.2. The molecule has 0 amide bonds. The number of carboxylic acid groups (broad SMARTS) is 2. The van der Waals surface area contributed by atoms with E-state index in [0.717, 1.165) is 0 Å². The van der Waals surface area contributed by atoms with Crippen molar-refractivity contribution in [3.8, 4) is 0 Å². The van der Waals surface area contributed by atoms with Crippen LogP contribution < -0.4 is 0 Å². The van der Waals surface area contributed by atoms with Crippen molar-refractivity contribution in [1.82, 2.24) is 0 Å². The smallest absolute Gasteiger partial charge is 0.331 e. The van der Waals surface area contributed by atoms with Crippen molar-refractivity contribution >= 4 is 23.9 Å². The average molecular weight is 256 g/mol. The Hall–Kier alpha value is -2.44. The Morgan fingerprint density at radius 1 is 1.11 bits per heavy atom. The summed E-state index contributed by atoms with van der Waals surface area (Å²) in [5.41, 5.74) is -0.859. The second-order valence-corrected chi connectivity index (χ2v) is 3.43. The molecule has 0 fully saturated rings. The Morgan fingerprint density at radius 2 is 1.61 bits per heavy atom. The van der Waals surface area contributed by atoms with Crippen molar-refractivity contribution < 1.29 is 34.1 Å². The first-order valence-electron chi connectivity index (χ1n) is 4.74. The fraction of sp³-hybridized carbons (Fsp3) is 0.273. The average Bonchev–Trinajstić information content (AvgIpc) is 2.26. The highest BCUT2D eigenvalue weighted by molar-refractivity contribution is 5.98. The van der Waals surface area contributed by atoms with E-state index in [-0.39, 0.29) is 0 Å². The number of carboxylic acids is 2. The van der Waals surface area contributed by atoms with Crippen LogP contribution in [0.2, 0.25) is 0 Å². The molecule has 98 valence electrons. The number of aliphatic carboxylic acids is 2. The monoisotopic (exact) mass is 256 g/mol. The minimum absolute atomic E-state index is 0.426. The molecule has 1 unspecified atom stereocenters. The molecule has 0 saturated carbocycles. The number of hydrogen-bond acceptors (Lipinski definition) is 5. The van der Waals surface area contributed by atoms with Gasteiger partial charge in [-0.25, -0.2) is 9.59 Å². The van der Waals surface area contributed by atoms with E-state index in [1.165, 1.54) is 6.92 Å². The number of esters is 2. The summed E-state index contributed by atoms with van der Waals surface area (Å²) in [6, 6.07) is 0. The summed E-state index contributed by atoms with van der Waals surface area (Å²) >= 11 is 0. The number of rotatable bonds is 6. The van der Waals surface area contributed by atoms with Crippen molar-refractivity contribution in [3.63, 3.8) is 0 Å². The van der Waals surface area contributed by atoms with Gasteiger partial charge in [0.15, 0.2) is 0 Å². The quantitative estimate of drug-likeness (QED) is 0.400. The van der Waals surface area contributed by atoms with Crippen LogP contribution in [-0.2, 0) is 23.9 Å². The first kappa shape index (κ1) is 15.6. The highest BCUT2D eigenvalue weighted by Gasteiger charge is 2.25. The number of hydrogen-bond donors (Lipinski definition) is 2. The van der Waals surface area contributed by atoms with Crippen molar-refractivity contribution in [1.29, 1.82) is 0 Å². The highest BCUT2D eigenvalue weighted by atomic mass is 16.6. The molecule has 0 heterocycles. The first-order valence-corrected chi connectivity index (χ1v) is 4.74. The lowest BCUT2D eigenvalue weighted by atomic mass is 10.0. The predicted octanol–water partition coefficient (Wildman–Crippen LogP) is 0.364. The van der Waals surface area contributed by atoms with Gasteiger partial charge >= 0.3 is 23.9 Å². The summed E-state index contributed by atoms with van der Waals surface area (Å²) in [5.74, 6) is -6.20. The molecule has 0 rings (SSSR count). The van der Waals surface area contributed by atoms with E-state index in [9.17, 15) is 19.2 Å². The van der Waals surface area contributed by atoms with Gasteiger partial charge in [-0.1, -0.05) is 13.2 Å². The molecule has 0 radical (unpaired) electrons. The van der Waals surface area contributed by atoms with Crippen LogP contribution in [0.5, 0.6) is 0 Å². The van der Waals surface area contributed by atoms with E-state index in [2.05, 4.69) is 17.9 Å². The molecule has 0 aliphatic rings. The third-order valence-electron chi connectivity index (χ3n) is 2.03. The Labute approximate surface area is 102 Å². The number of ether oxygens (including phenoxy) is 1. The number of carbonyl (C=O) groups is 4.